The number of hydrogen-bond acceptors (Lipinski definition) is 7. The van der Waals surface area contributed by atoms with Crippen LogP contribution in [-0.2, 0) is 27.3 Å². The SMILES string of the molecule is Cc1c(C2CN3CCN(C(=O)Cc4ccc(N(N)C=N)cc4)CC3CO2)ccc2c1COC2=O. The molecular formula is C25H29N5O4. The van der Waals surface area contributed by atoms with Crippen LogP contribution in [0.3, 0.4) is 0 Å². The van der Waals surface area contributed by atoms with E-state index in [1.54, 1.807) is 0 Å². The van der Waals surface area contributed by atoms with Gasteiger partial charge in [-0.1, -0.05) is 18.2 Å². The molecular weight excluding hydrogens is 434 g/mol. The molecule has 5 rings (SSSR count). The molecule has 0 aromatic heterocycles. The lowest BCUT2D eigenvalue weighted by Gasteiger charge is -2.46. The molecule has 3 aliphatic rings. The monoisotopic (exact) mass is 463 g/mol. The van der Waals surface area contributed by atoms with E-state index in [0.29, 0.717) is 44.0 Å². The van der Waals surface area contributed by atoms with Crippen molar-refractivity contribution in [1.82, 2.24) is 9.80 Å². The first kappa shape index (κ1) is 22.5. The molecule has 2 saturated heterocycles. The summed E-state index contributed by atoms with van der Waals surface area (Å²) in [5, 5.41) is 8.43. The van der Waals surface area contributed by atoms with Crippen molar-refractivity contribution in [3.05, 3.63) is 64.2 Å². The first-order chi connectivity index (χ1) is 16.4. The van der Waals surface area contributed by atoms with Crippen LogP contribution in [0.5, 0.6) is 0 Å². The molecule has 3 heterocycles. The first-order valence-corrected chi connectivity index (χ1v) is 11.5. The zero-order valence-corrected chi connectivity index (χ0v) is 19.2. The summed E-state index contributed by atoms with van der Waals surface area (Å²) in [5.74, 6) is 5.54. The number of piperazine rings is 1. The Morgan fingerprint density at radius 3 is 2.76 bits per heavy atom. The van der Waals surface area contributed by atoms with Crippen molar-refractivity contribution in [3.8, 4) is 0 Å². The number of cyclic esters (lactones) is 1. The number of esters is 1. The fourth-order valence-electron chi connectivity index (χ4n) is 5.06. The van der Waals surface area contributed by atoms with Gasteiger partial charge in [0, 0.05) is 31.7 Å². The van der Waals surface area contributed by atoms with Crippen molar-refractivity contribution in [1.29, 1.82) is 5.41 Å². The number of nitrogens with one attached hydrogen (secondary N) is 1. The van der Waals surface area contributed by atoms with E-state index in [1.165, 1.54) is 5.01 Å². The maximum Gasteiger partial charge on any atom is 0.338 e. The fourth-order valence-corrected chi connectivity index (χ4v) is 5.06. The van der Waals surface area contributed by atoms with E-state index in [4.69, 9.17) is 20.7 Å². The number of nitrogens with two attached hydrogens (primary N) is 1. The minimum atomic E-state index is -0.251. The van der Waals surface area contributed by atoms with Crippen molar-refractivity contribution < 1.29 is 19.1 Å². The molecule has 2 unspecified atom stereocenters. The van der Waals surface area contributed by atoms with Crippen LogP contribution in [0.25, 0.3) is 0 Å². The molecule has 3 N–H and O–H groups in total. The molecule has 34 heavy (non-hydrogen) atoms. The summed E-state index contributed by atoms with van der Waals surface area (Å²) in [4.78, 5) is 29.1. The zero-order valence-electron chi connectivity index (χ0n) is 19.2. The molecule has 1 amide bonds. The van der Waals surface area contributed by atoms with Gasteiger partial charge < -0.3 is 14.4 Å². The fraction of sp³-hybridized carbons (Fsp3) is 0.400. The van der Waals surface area contributed by atoms with Gasteiger partial charge in [-0.15, -0.1) is 0 Å². The third-order valence-electron chi connectivity index (χ3n) is 7.13. The molecule has 9 nitrogen and oxygen atoms in total. The Balaban J connectivity index is 1.19. The van der Waals surface area contributed by atoms with Crippen molar-refractivity contribution in [2.24, 2.45) is 5.84 Å². The number of nitrogens with zero attached hydrogens (tertiary/aromatic N) is 3. The average molecular weight is 464 g/mol. The summed E-state index contributed by atoms with van der Waals surface area (Å²) >= 11 is 0. The Morgan fingerprint density at radius 1 is 1.21 bits per heavy atom. The lowest BCUT2D eigenvalue weighted by molar-refractivity contribution is -0.139. The number of carbonyl (C=O) groups is 2. The number of morpholine rings is 1. The quantitative estimate of drug-likeness (QED) is 0.229. The van der Waals surface area contributed by atoms with Gasteiger partial charge in [-0.05, 0) is 41.8 Å². The Morgan fingerprint density at radius 2 is 2.00 bits per heavy atom. The summed E-state index contributed by atoms with van der Waals surface area (Å²) in [5.41, 5.74) is 5.43. The summed E-state index contributed by atoms with van der Waals surface area (Å²) in [6.45, 7) is 5.85. The van der Waals surface area contributed by atoms with Crippen LogP contribution in [0, 0.1) is 12.3 Å². The number of benzene rings is 2. The average Bonchev–Trinajstić information content (AvgIpc) is 3.25. The van der Waals surface area contributed by atoms with Gasteiger partial charge in [-0.3, -0.25) is 20.1 Å². The van der Waals surface area contributed by atoms with Gasteiger partial charge in [0.1, 0.15) is 12.9 Å². The Bertz CT molecular complexity index is 1120. The molecule has 3 aliphatic heterocycles. The highest BCUT2D eigenvalue weighted by Crippen LogP contribution is 2.33. The highest BCUT2D eigenvalue weighted by Gasteiger charge is 2.36. The summed E-state index contributed by atoms with van der Waals surface area (Å²) in [6, 6.07) is 11.4. The van der Waals surface area contributed by atoms with E-state index < -0.39 is 0 Å². The molecule has 178 valence electrons. The summed E-state index contributed by atoms with van der Waals surface area (Å²) < 4.78 is 11.4. The van der Waals surface area contributed by atoms with Gasteiger partial charge in [-0.25, -0.2) is 10.6 Å². The number of rotatable bonds is 5. The Labute approximate surface area is 198 Å². The second kappa shape index (κ2) is 9.17. The molecule has 2 aromatic carbocycles. The number of amides is 1. The van der Waals surface area contributed by atoms with E-state index in [-0.39, 0.29) is 24.0 Å². The topological polar surface area (TPSA) is 112 Å². The Hall–Kier alpha value is -3.27. The van der Waals surface area contributed by atoms with E-state index in [9.17, 15) is 9.59 Å². The molecule has 0 saturated carbocycles. The molecule has 2 fully saturated rings. The summed E-state index contributed by atoms with van der Waals surface area (Å²) in [7, 11) is 0. The van der Waals surface area contributed by atoms with Crippen LogP contribution in [-0.4, -0.2) is 66.8 Å². The second-order valence-corrected chi connectivity index (χ2v) is 9.07. The molecule has 0 aliphatic carbocycles. The lowest BCUT2D eigenvalue weighted by Crippen LogP contribution is -2.59. The van der Waals surface area contributed by atoms with E-state index in [0.717, 1.165) is 41.7 Å². The van der Waals surface area contributed by atoms with Crippen molar-refractivity contribution in [2.45, 2.75) is 32.1 Å². The van der Waals surface area contributed by atoms with Gasteiger partial charge in [0.2, 0.25) is 5.91 Å². The van der Waals surface area contributed by atoms with Crippen LogP contribution in [0.15, 0.2) is 36.4 Å². The number of anilines is 1. The maximum absolute atomic E-state index is 12.9. The number of hydrogen-bond donors (Lipinski definition) is 2. The van der Waals surface area contributed by atoms with Crippen molar-refractivity contribution >= 4 is 23.9 Å². The van der Waals surface area contributed by atoms with E-state index in [2.05, 4.69) is 4.90 Å². The minimum Gasteiger partial charge on any atom is -0.457 e. The normalized spacial score (nSPS) is 22.1. The van der Waals surface area contributed by atoms with Gasteiger partial charge in [-0.2, -0.15) is 0 Å². The molecule has 0 spiro atoms. The number of fused-ring (bicyclic) bond motifs is 2. The molecule has 9 heteroatoms. The number of hydrazine groups is 1. The van der Waals surface area contributed by atoms with Gasteiger partial charge in [0.05, 0.1) is 36.4 Å². The molecule has 2 atom stereocenters. The third-order valence-corrected chi connectivity index (χ3v) is 7.13. The second-order valence-electron chi connectivity index (χ2n) is 9.07. The highest BCUT2D eigenvalue weighted by molar-refractivity contribution is 5.94. The van der Waals surface area contributed by atoms with Gasteiger partial charge >= 0.3 is 5.97 Å². The van der Waals surface area contributed by atoms with Crippen LogP contribution in [0.1, 0.15) is 38.7 Å². The van der Waals surface area contributed by atoms with E-state index in [1.807, 2.05) is 48.2 Å². The highest BCUT2D eigenvalue weighted by atomic mass is 16.5. The smallest absolute Gasteiger partial charge is 0.338 e. The van der Waals surface area contributed by atoms with Crippen LogP contribution >= 0.6 is 0 Å². The first-order valence-electron chi connectivity index (χ1n) is 11.5. The largest absolute Gasteiger partial charge is 0.457 e. The van der Waals surface area contributed by atoms with Crippen LogP contribution in [0.4, 0.5) is 5.69 Å². The zero-order chi connectivity index (χ0) is 23.8. The number of ether oxygens (including phenoxy) is 2. The predicted molar refractivity (Wildman–Crippen MR) is 127 cm³/mol. The number of carbonyl (C=O) groups excluding carboxylic acids is 2. The van der Waals surface area contributed by atoms with E-state index >= 15 is 0 Å². The molecule has 2 aromatic rings. The van der Waals surface area contributed by atoms with Crippen molar-refractivity contribution in [2.75, 3.05) is 37.8 Å². The summed E-state index contributed by atoms with van der Waals surface area (Å²) in [6.07, 6.45) is 1.32. The molecule has 0 radical (unpaired) electrons. The Kier molecular flexibility index (Phi) is 6.07. The van der Waals surface area contributed by atoms with Gasteiger partial charge in [0.25, 0.3) is 0 Å². The van der Waals surface area contributed by atoms with Crippen molar-refractivity contribution in [3.63, 3.8) is 0 Å². The lowest BCUT2D eigenvalue weighted by atomic mass is 9.94. The standard InChI is InChI=1S/C25H29N5O4/c1-16-20(6-7-21-22(16)14-34-25(21)32)23-12-28-8-9-29(11-19(28)13-33-23)24(31)10-17-2-4-18(5-3-17)30(27)15-26/h2-7,15,19,23,26H,8-14,27H2,1H3. The molecule has 0 bridgehead atoms. The minimum absolute atomic E-state index is 0.0545. The third kappa shape index (κ3) is 4.18. The van der Waals surface area contributed by atoms with Crippen LogP contribution < -0.4 is 10.9 Å². The maximum atomic E-state index is 12.9. The predicted octanol–water partition coefficient (Wildman–Crippen LogP) is 1.78. The van der Waals surface area contributed by atoms with Crippen LogP contribution in [0.2, 0.25) is 0 Å². The van der Waals surface area contributed by atoms with Gasteiger partial charge in [0.15, 0.2) is 0 Å².